The van der Waals surface area contributed by atoms with Crippen LogP contribution in [-0.4, -0.2) is 73.8 Å². The number of imide groups is 1. The molecule has 1 atom stereocenters. The monoisotopic (exact) mass is 466 g/mol. The van der Waals surface area contributed by atoms with Gasteiger partial charge in [-0.1, -0.05) is 24.3 Å². The molecule has 0 saturated carbocycles. The Hall–Kier alpha value is -3.26. The number of urea groups is 1. The summed E-state index contributed by atoms with van der Waals surface area (Å²) in [6.45, 7) is 7.88. The van der Waals surface area contributed by atoms with Crippen LogP contribution in [0, 0.1) is 0 Å². The molecule has 2 aromatic carbocycles. The van der Waals surface area contributed by atoms with E-state index in [0.29, 0.717) is 26.1 Å². The summed E-state index contributed by atoms with van der Waals surface area (Å²) in [4.78, 5) is 31.7. The zero-order valence-corrected chi connectivity index (χ0v) is 20.3. The molecule has 1 unspecified atom stereocenters. The number of ether oxygens (including phenoxy) is 2. The molecule has 0 aromatic heterocycles. The van der Waals surface area contributed by atoms with Crippen molar-refractivity contribution in [2.24, 2.45) is 0 Å². The van der Waals surface area contributed by atoms with Gasteiger partial charge >= 0.3 is 6.03 Å². The van der Waals surface area contributed by atoms with Crippen LogP contribution in [0.15, 0.2) is 48.5 Å². The van der Waals surface area contributed by atoms with E-state index >= 15 is 0 Å². The lowest BCUT2D eigenvalue weighted by atomic mass is 9.93. The third kappa shape index (κ3) is 5.12. The molecule has 34 heavy (non-hydrogen) atoms. The van der Waals surface area contributed by atoms with Gasteiger partial charge in [0, 0.05) is 26.2 Å². The highest BCUT2D eigenvalue weighted by Crippen LogP contribution is 2.29. The van der Waals surface area contributed by atoms with Crippen LogP contribution >= 0.6 is 0 Å². The molecule has 0 bridgehead atoms. The number of amides is 3. The number of nitrogens with zero attached hydrogens (tertiary/aromatic N) is 3. The molecule has 2 fully saturated rings. The quantitative estimate of drug-likeness (QED) is 0.573. The van der Waals surface area contributed by atoms with Crippen molar-refractivity contribution >= 4 is 17.6 Å². The molecule has 8 heteroatoms. The first-order valence-electron chi connectivity index (χ1n) is 11.9. The highest BCUT2D eigenvalue weighted by molar-refractivity contribution is 6.06. The molecule has 4 rings (SSSR count). The first-order chi connectivity index (χ1) is 16.4. The lowest BCUT2D eigenvalue weighted by molar-refractivity contribution is -0.132. The zero-order chi connectivity index (χ0) is 24.1. The molecular formula is C26H34N4O4. The summed E-state index contributed by atoms with van der Waals surface area (Å²) in [6.07, 6.45) is 1.24. The molecule has 2 saturated heterocycles. The first kappa shape index (κ1) is 23.9. The summed E-state index contributed by atoms with van der Waals surface area (Å²) in [5, 5.41) is 2.93. The van der Waals surface area contributed by atoms with Crippen molar-refractivity contribution in [2.45, 2.75) is 32.2 Å². The average Bonchev–Trinajstić information content (AvgIpc) is 3.07. The van der Waals surface area contributed by atoms with Crippen LogP contribution in [0.2, 0.25) is 0 Å². The van der Waals surface area contributed by atoms with Gasteiger partial charge in [-0.05, 0) is 56.5 Å². The minimum absolute atomic E-state index is 0.157. The van der Waals surface area contributed by atoms with Crippen molar-refractivity contribution in [1.82, 2.24) is 15.1 Å². The molecule has 3 amide bonds. The van der Waals surface area contributed by atoms with Crippen molar-refractivity contribution in [3.63, 3.8) is 0 Å². The second-order valence-electron chi connectivity index (χ2n) is 8.99. The van der Waals surface area contributed by atoms with Gasteiger partial charge in [0.1, 0.15) is 17.0 Å². The Morgan fingerprint density at radius 1 is 1.00 bits per heavy atom. The number of carbonyl (C=O) groups is 2. The van der Waals surface area contributed by atoms with E-state index in [4.69, 9.17) is 9.47 Å². The number of para-hydroxylation sites is 2. The summed E-state index contributed by atoms with van der Waals surface area (Å²) < 4.78 is 11.0. The summed E-state index contributed by atoms with van der Waals surface area (Å²) in [6, 6.07) is 15.5. The number of hydrogen-bond donors (Lipinski definition) is 1. The summed E-state index contributed by atoms with van der Waals surface area (Å²) >= 11 is 0. The van der Waals surface area contributed by atoms with Gasteiger partial charge in [-0.2, -0.15) is 0 Å². The minimum Gasteiger partial charge on any atom is -0.497 e. The summed E-state index contributed by atoms with van der Waals surface area (Å²) in [7, 11) is 1.64. The number of piperazine rings is 1. The molecule has 2 aromatic rings. The first-order valence-corrected chi connectivity index (χ1v) is 11.9. The number of nitrogens with one attached hydrogen (secondary N) is 1. The Labute approximate surface area is 201 Å². The van der Waals surface area contributed by atoms with Gasteiger partial charge < -0.3 is 19.7 Å². The maximum Gasteiger partial charge on any atom is 0.326 e. The molecule has 182 valence electrons. The molecular weight excluding hydrogens is 432 g/mol. The molecule has 0 spiro atoms. The predicted molar refractivity (Wildman–Crippen MR) is 131 cm³/mol. The number of rotatable bonds is 9. The fourth-order valence-electron chi connectivity index (χ4n) is 4.56. The van der Waals surface area contributed by atoms with Gasteiger partial charge in [0.05, 0.1) is 26.1 Å². The van der Waals surface area contributed by atoms with Gasteiger partial charge in [-0.15, -0.1) is 0 Å². The van der Waals surface area contributed by atoms with Crippen LogP contribution in [0.4, 0.5) is 10.5 Å². The van der Waals surface area contributed by atoms with Crippen molar-refractivity contribution < 1.29 is 19.1 Å². The number of benzene rings is 2. The molecule has 2 heterocycles. The molecule has 2 aliphatic rings. The second-order valence-corrected chi connectivity index (χ2v) is 8.99. The van der Waals surface area contributed by atoms with Crippen molar-refractivity contribution in [2.75, 3.05) is 51.5 Å². The van der Waals surface area contributed by atoms with Crippen molar-refractivity contribution in [3.8, 4) is 11.5 Å². The topological polar surface area (TPSA) is 74.3 Å². The Morgan fingerprint density at radius 2 is 1.71 bits per heavy atom. The summed E-state index contributed by atoms with van der Waals surface area (Å²) in [5.41, 5.74) is 1.30. The van der Waals surface area contributed by atoms with Gasteiger partial charge in [0.15, 0.2) is 0 Å². The average molecular weight is 467 g/mol. The van der Waals surface area contributed by atoms with Gasteiger partial charge in [-0.25, -0.2) is 9.69 Å². The molecule has 0 aliphatic carbocycles. The Balaban J connectivity index is 1.32. The van der Waals surface area contributed by atoms with Gasteiger partial charge in [0.25, 0.3) is 5.91 Å². The Morgan fingerprint density at radius 3 is 2.38 bits per heavy atom. The van der Waals surface area contributed by atoms with E-state index in [2.05, 4.69) is 21.2 Å². The molecule has 2 aliphatic heterocycles. The van der Waals surface area contributed by atoms with E-state index in [1.807, 2.05) is 56.3 Å². The molecule has 8 nitrogen and oxygen atoms in total. The highest BCUT2D eigenvalue weighted by atomic mass is 16.5. The van der Waals surface area contributed by atoms with Gasteiger partial charge in [0.2, 0.25) is 0 Å². The van der Waals surface area contributed by atoms with E-state index in [0.717, 1.165) is 48.9 Å². The third-order valence-corrected chi connectivity index (χ3v) is 6.64. The van der Waals surface area contributed by atoms with Crippen LogP contribution in [0.5, 0.6) is 11.5 Å². The highest BCUT2D eigenvalue weighted by Gasteiger charge is 2.47. The lowest BCUT2D eigenvalue weighted by Gasteiger charge is -2.37. The van der Waals surface area contributed by atoms with Crippen LogP contribution in [0.1, 0.15) is 25.8 Å². The van der Waals surface area contributed by atoms with Crippen LogP contribution in [0.3, 0.4) is 0 Å². The maximum absolute atomic E-state index is 13.2. The Kier molecular flexibility index (Phi) is 7.26. The van der Waals surface area contributed by atoms with E-state index in [9.17, 15) is 9.59 Å². The molecule has 0 radical (unpaired) electrons. The van der Waals surface area contributed by atoms with Crippen LogP contribution in [-0.2, 0) is 11.2 Å². The number of carbonyl (C=O) groups excluding carboxylic acids is 2. The number of aryl methyl sites for hydroxylation is 1. The predicted octanol–water partition coefficient (Wildman–Crippen LogP) is 3.12. The SMILES string of the molecule is CCOc1ccccc1N1CCN(CN2C(=O)NC(C)(CCc3ccc(OC)cc3)C2=O)CC1. The lowest BCUT2D eigenvalue weighted by Crippen LogP contribution is -2.52. The zero-order valence-electron chi connectivity index (χ0n) is 20.3. The van der Waals surface area contributed by atoms with E-state index < -0.39 is 5.54 Å². The van der Waals surface area contributed by atoms with Crippen molar-refractivity contribution in [3.05, 3.63) is 54.1 Å². The van der Waals surface area contributed by atoms with Crippen molar-refractivity contribution in [1.29, 1.82) is 0 Å². The minimum atomic E-state index is -0.894. The normalized spacial score (nSPS) is 21.0. The van der Waals surface area contributed by atoms with E-state index in [1.54, 1.807) is 7.11 Å². The largest absolute Gasteiger partial charge is 0.497 e. The standard InChI is InChI=1S/C26H34N4O4/c1-4-34-23-8-6-5-7-22(23)29-17-15-28(16-18-29)19-30-24(31)26(2,27-25(30)32)14-13-20-9-11-21(33-3)12-10-20/h5-12H,4,13-19H2,1-3H3,(H,27,32). The molecule has 1 N–H and O–H groups in total. The fraction of sp³-hybridized carbons (Fsp3) is 0.462. The number of anilines is 1. The smallest absolute Gasteiger partial charge is 0.326 e. The van der Waals surface area contributed by atoms with E-state index in [1.165, 1.54) is 4.90 Å². The third-order valence-electron chi connectivity index (χ3n) is 6.64. The second kappa shape index (κ2) is 10.3. The van der Waals surface area contributed by atoms with Crippen LogP contribution < -0.4 is 19.7 Å². The number of methoxy groups -OCH3 is 1. The summed E-state index contributed by atoms with van der Waals surface area (Å²) in [5.74, 6) is 1.53. The fourth-order valence-corrected chi connectivity index (χ4v) is 4.56. The number of hydrogen-bond acceptors (Lipinski definition) is 6. The van der Waals surface area contributed by atoms with Crippen LogP contribution in [0.25, 0.3) is 0 Å². The maximum atomic E-state index is 13.2. The van der Waals surface area contributed by atoms with E-state index in [-0.39, 0.29) is 11.9 Å². The van der Waals surface area contributed by atoms with Gasteiger partial charge in [-0.3, -0.25) is 9.69 Å². The Bertz CT molecular complexity index is 1000.